The second-order valence-electron chi connectivity index (χ2n) is 7.42. The Kier molecular flexibility index (Phi) is 7.40. The van der Waals surface area contributed by atoms with E-state index in [0.29, 0.717) is 36.1 Å². The standard InChI is InChI=1S/C26H25BrN2O3S/c1-4-28-26-29(5-2)25(30)23(33-26)15-18-13-21(27)24(22(14-18)31-3)32-16-17-10-11-19-8-6-7-9-20(19)12-17/h6-15H,4-5,16H2,1-3H3/b23-15+,28-26?. The van der Waals surface area contributed by atoms with Crippen molar-refractivity contribution in [2.45, 2.75) is 20.5 Å². The third kappa shape index (κ3) is 5.09. The van der Waals surface area contributed by atoms with Crippen LogP contribution in [0.5, 0.6) is 11.5 Å². The van der Waals surface area contributed by atoms with E-state index in [1.807, 2.05) is 44.2 Å². The van der Waals surface area contributed by atoms with Crippen LogP contribution in [0.1, 0.15) is 25.0 Å². The number of fused-ring (bicyclic) bond motifs is 1. The summed E-state index contributed by atoms with van der Waals surface area (Å²) in [6.45, 7) is 5.57. The normalized spacial score (nSPS) is 16.2. The fraction of sp³-hybridized carbons (Fsp3) is 0.231. The molecule has 1 fully saturated rings. The van der Waals surface area contributed by atoms with Crippen molar-refractivity contribution in [3.8, 4) is 11.5 Å². The molecule has 33 heavy (non-hydrogen) atoms. The second-order valence-corrected chi connectivity index (χ2v) is 9.28. The van der Waals surface area contributed by atoms with Crippen molar-refractivity contribution in [1.29, 1.82) is 0 Å². The van der Waals surface area contributed by atoms with Gasteiger partial charge in [0.2, 0.25) is 0 Å². The molecule has 0 radical (unpaired) electrons. The van der Waals surface area contributed by atoms with Crippen molar-refractivity contribution in [2.24, 2.45) is 4.99 Å². The van der Waals surface area contributed by atoms with Gasteiger partial charge in [-0.1, -0.05) is 36.4 Å². The van der Waals surface area contributed by atoms with Gasteiger partial charge >= 0.3 is 0 Å². The number of halogens is 1. The number of rotatable bonds is 7. The van der Waals surface area contributed by atoms with Crippen molar-refractivity contribution in [3.05, 3.63) is 75.1 Å². The molecule has 7 heteroatoms. The molecule has 0 spiro atoms. The minimum atomic E-state index is -0.0265. The molecule has 0 saturated carbocycles. The van der Waals surface area contributed by atoms with Crippen LogP contribution in [-0.2, 0) is 11.4 Å². The Morgan fingerprint density at radius 2 is 1.88 bits per heavy atom. The summed E-state index contributed by atoms with van der Waals surface area (Å²) in [4.78, 5) is 19.6. The fourth-order valence-electron chi connectivity index (χ4n) is 3.64. The van der Waals surface area contributed by atoms with E-state index >= 15 is 0 Å². The number of likely N-dealkylation sites (N-methyl/N-ethyl adjacent to an activating group) is 1. The number of carbonyl (C=O) groups excluding carboxylic acids is 1. The monoisotopic (exact) mass is 524 g/mol. The van der Waals surface area contributed by atoms with Gasteiger partial charge in [0.25, 0.3) is 5.91 Å². The second kappa shape index (κ2) is 10.4. The summed E-state index contributed by atoms with van der Waals surface area (Å²) >= 11 is 5.02. The van der Waals surface area contributed by atoms with E-state index in [2.05, 4.69) is 51.3 Å². The number of ether oxygens (including phenoxy) is 2. The highest BCUT2D eigenvalue weighted by Crippen LogP contribution is 2.39. The molecule has 4 rings (SSSR count). The molecule has 3 aromatic carbocycles. The van der Waals surface area contributed by atoms with Crippen molar-refractivity contribution in [2.75, 3.05) is 20.2 Å². The third-order valence-corrected chi connectivity index (χ3v) is 6.88. The summed E-state index contributed by atoms with van der Waals surface area (Å²) in [6, 6.07) is 18.4. The fourth-order valence-corrected chi connectivity index (χ4v) is 5.32. The Balaban J connectivity index is 1.57. The lowest BCUT2D eigenvalue weighted by molar-refractivity contribution is -0.122. The van der Waals surface area contributed by atoms with Crippen molar-refractivity contribution >= 4 is 55.6 Å². The number of thioether (sulfide) groups is 1. The lowest BCUT2D eigenvalue weighted by Crippen LogP contribution is -2.28. The number of methoxy groups -OCH3 is 1. The first kappa shape index (κ1) is 23.4. The molecule has 1 aliphatic heterocycles. The van der Waals surface area contributed by atoms with E-state index in [4.69, 9.17) is 9.47 Å². The smallest absolute Gasteiger partial charge is 0.266 e. The zero-order valence-corrected chi connectivity index (χ0v) is 21.2. The average molecular weight is 525 g/mol. The summed E-state index contributed by atoms with van der Waals surface area (Å²) in [5.74, 6) is 1.20. The number of amidine groups is 1. The molecule has 0 N–H and O–H groups in total. The predicted octanol–water partition coefficient (Wildman–Crippen LogP) is 6.50. The molecule has 0 aromatic heterocycles. The molecule has 1 amide bonds. The number of hydrogen-bond acceptors (Lipinski definition) is 5. The molecule has 0 aliphatic carbocycles. The molecule has 1 saturated heterocycles. The van der Waals surface area contributed by atoms with E-state index < -0.39 is 0 Å². The van der Waals surface area contributed by atoms with E-state index in [0.717, 1.165) is 20.8 Å². The number of amides is 1. The Morgan fingerprint density at radius 1 is 1.09 bits per heavy atom. The van der Waals surface area contributed by atoms with E-state index in [1.54, 1.807) is 12.0 Å². The van der Waals surface area contributed by atoms with Gasteiger partial charge in [0.15, 0.2) is 16.7 Å². The van der Waals surface area contributed by atoms with Crippen molar-refractivity contribution in [1.82, 2.24) is 4.90 Å². The molecular weight excluding hydrogens is 500 g/mol. The van der Waals surface area contributed by atoms with Gasteiger partial charge in [0.1, 0.15) is 6.61 Å². The highest BCUT2D eigenvalue weighted by Gasteiger charge is 2.31. The SMILES string of the molecule is CCN=C1S/C(=C/c2cc(Br)c(OCc3ccc4ccccc4c3)c(OC)c2)C(=O)N1CC. The van der Waals surface area contributed by atoms with Crippen LogP contribution in [0.4, 0.5) is 0 Å². The lowest BCUT2D eigenvalue weighted by atomic mass is 10.1. The molecular formula is C26H25BrN2O3S. The molecule has 1 aliphatic rings. The third-order valence-electron chi connectivity index (χ3n) is 5.24. The summed E-state index contributed by atoms with van der Waals surface area (Å²) in [5, 5.41) is 3.13. The van der Waals surface area contributed by atoms with Gasteiger partial charge < -0.3 is 9.47 Å². The van der Waals surface area contributed by atoms with Crippen LogP contribution in [0.2, 0.25) is 0 Å². The minimum Gasteiger partial charge on any atom is -0.493 e. The number of hydrogen-bond donors (Lipinski definition) is 0. The van der Waals surface area contributed by atoms with Crippen LogP contribution in [0.25, 0.3) is 16.8 Å². The molecule has 0 bridgehead atoms. The average Bonchev–Trinajstić information content (AvgIpc) is 3.11. The Bertz CT molecular complexity index is 1260. The van der Waals surface area contributed by atoms with Crippen LogP contribution in [-0.4, -0.2) is 36.2 Å². The molecule has 0 atom stereocenters. The Labute approximate surface area is 206 Å². The zero-order valence-electron chi connectivity index (χ0n) is 18.8. The van der Waals surface area contributed by atoms with E-state index in [1.165, 1.54) is 22.5 Å². The topological polar surface area (TPSA) is 51.1 Å². The van der Waals surface area contributed by atoms with Gasteiger partial charge in [-0.05, 0) is 87.7 Å². The maximum Gasteiger partial charge on any atom is 0.266 e. The number of nitrogens with zero attached hydrogens (tertiary/aromatic N) is 2. The molecule has 0 unspecified atom stereocenters. The molecule has 1 heterocycles. The zero-order chi connectivity index (χ0) is 23.4. The first-order valence-corrected chi connectivity index (χ1v) is 12.4. The number of carbonyl (C=O) groups is 1. The Hall–Kier alpha value is -2.77. The van der Waals surface area contributed by atoms with Gasteiger partial charge in [0.05, 0.1) is 16.5 Å². The maximum atomic E-state index is 12.8. The minimum absolute atomic E-state index is 0.0265. The number of benzene rings is 3. The van der Waals surface area contributed by atoms with Gasteiger partial charge in [-0.15, -0.1) is 0 Å². The summed E-state index contributed by atoms with van der Waals surface area (Å²) < 4.78 is 12.5. The van der Waals surface area contributed by atoms with Gasteiger partial charge in [0, 0.05) is 13.1 Å². The predicted molar refractivity (Wildman–Crippen MR) is 140 cm³/mol. The summed E-state index contributed by atoms with van der Waals surface area (Å²) in [7, 11) is 1.61. The largest absolute Gasteiger partial charge is 0.493 e. The lowest BCUT2D eigenvalue weighted by Gasteiger charge is -2.14. The molecule has 5 nitrogen and oxygen atoms in total. The summed E-state index contributed by atoms with van der Waals surface area (Å²) in [5.41, 5.74) is 1.92. The first-order chi connectivity index (χ1) is 16.0. The van der Waals surface area contributed by atoms with Gasteiger partial charge in [-0.25, -0.2) is 0 Å². The van der Waals surface area contributed by atoms with E-state index in [9.17, 15) is 4.79 Å². The quantitative estimate of drug-likeness (QED) is 0.331. The maximum absolute atomic E-state index is 12.8. The van der Waals surface area contributed by atoms with Crippen LogP contribution in [0.15, 0.2) is 69.0 Å². The summed E-state index contributed by atoms with van der Waals surface area (Å²) in [6.07, 6.45) is 1.87. The van der Waals surface area contributed by atoms with Crippen molar-refractivity contribution in [3.63, 3.8) is 0 Å². The molecule has 3 aromatic rings. The first-order valence-electron chi connectivity index (χ1n) is 10.8. The highest BCUT2D eigenvalue weighted by molar-refractivity contribution is 9.10. The van der Waals surface area contributed by atoms with Crippen LogP contribution in [0, 0.1) is 0 Å². The highest BCUT2D eigenvalue weighted by atomic mass is 79.9. The number of aliphatic imine (C=N–C) groups is 1. The van der Waals surface area contributed by atoms with Crippen LogP contribution < -0.4 is 9.47 Å². The van der Waals surface area contributed by atoms with Gasteiger partial charge in [-0.2, -0.15) is 0 Å². The van der Waals surface area contributed by atoms with Crippen LogP contribution >= 0.6 is 27.7 Å². The Morgan fingerprint density at radius 3 is 2.61 bits per heavy atom. The van der Waals surface area contributed by atoms with Crippen LogP contribution in [0.3, 0.4) is 0 Å². The van der Waals surface area contributed by atoms with E-state index in [-0.39, 0.29) is 5.91 Å². The molecule has 170 valence electrons. The van der Waals surface area contributed by atoms with Crippen molar-refractivity contribution < 1.29 is 14.3 Å². The van der Waals surface area contributed by atoms with Gasteiger partial charge in [-0.3, -0.25) is 14.7 Å².